The lowest BCUT2D eigenvalue weighted by molar-refractivity contribution is 0.441. The highest BCUT2D eigenvalue weighted by atomic mass is 127. The third-order valence-electron chi connectivity index (χ3n) is 3.91. The summed E-state index contributed by atoms with van der Waals surface area (Å²) in [6.07, 6.45) is 8.17. The minimum atomic E-state index is -0.0569. The lowest BCUT2D eigenvalue weighted by atomic mass is 9.85. The fourth-order valence-corrected chi connectivity index (χ4v) is 3.35. The zero-order valence-electron chi connectivity index (χ0n) is 12.6. The van der Waals surface area contributed by atoms with Crippen molar-refractivity contribution >= 4 is 28.8 Å². The predicted molar refractivity (Wildman–Crippen MR) is 94.0 cm³/mol. The van der Waals surface area contributed by atoms with Gasteiger partial charge in [0.05, 0.1) is 0 Å². The molecule has 1 saturated carbocycles. The van der Waals surface area contributed by atoms with Gasteiger partial charge in [-0.3, -0.25) is 4.99 Å². The Morgan fingerprint density at radius 1 is 1.20 bits per heavy atom. The van der Waals surface area contributed by atoms with Crippen molar-refractivity contribution in [3.63, 3.8) is 0 Å². The molecule has 1 aliphatic carbocycles. The van der Waals surface area contributed by atoms with Gasteiger partial charge in [0.25, 0.3) is 0 Å². The van der Waals surface area contributed by atoms with Crippen LogP contribution < -0.4 is 0 Å². The molecule has 0 atom stereocenters. The Balaban J connectivity index is 2.27. The second-order valence-corrected chi connectivity index (χ2v) is 7.96. The molecule has 1 aromatic rings. The SMILES string of the molecule is CC(C)(C)c1cc(I)cc(C=NC2CCCCC2)c1O. The van der Waals surface area contributed by atoms with Crippen molar-refractivity contribution in [1.82, 2.24) is 0 Å². The van der Waals surface area contributed by atoms with Crippen molar-refractivity contribution in [1.29, 1.82) is 0 Å². The molecule has 0 amide bonds. The van der Waals surface area contributed by atoms with Gasteiger partial charge in [-0.05, 0) is 53.0 Å². The van der Waals surface area contributed by atoms with Crippen molar-refractivity contribution in [2.24, 2.45) is 4.99 Å². The predicted octanol–water partition coefficient (Wildman–Crippen LogP) is 5.05. The second kappa shape index (κ2) is 6.46. The van der Waals surface area contributed by atoms with Gasteiger partial charge in [0, 0.05) is 27.0 Å². The van der Waals surface area contributed by atoms with Crippen LogP contribution in [0.1, 0.15) is 64.0 Å². The molecule has 1 aliphatic rings. The van der Waals surface area contributed by atoms with Crippen molar-refractivity contribution in [2.75, 3.05) is 0 Å². The molecule has 0 aliphatic heterocycles. The third kappa shape index (κ3) is 3.96. The van der Waals surface area contributed by atoms with E-state index in [-0.39, 0.29) is 5.41 Å². The maximum atomic E-state index is 10.5. The van der Waals surface area contributed by atoms with Crippen LogP contribution in [0.2, 0.25) is 0 Å². The largest absolute Gasteiger partial charge is 0.507 e. The van der Waals surface area contributed by atoms with Crippen molar-refractivity contribution in [3.05, 3.63) is 26.8 Å². The molecule has 20 heavy (non-hydrogen) atoms. The van der Waals surface area contributed by atoms with Crippen LogP contribution in [0.3, 0.4) is 0 Å². The highest BCUT2D eigenvalue weighted by Crippen LogP contribution is 2.34. The van der Waals surface area contributed by atoms with Crippen LogP contribution in [-0.2, 0) is 5.41 Å². The summed E-state index contributed by atoms with van der Waals surface area (Å²) in [7, 11) is 0. The Bertz CT molecular complexity index is 496. The first-order chi connectivity index (χ1) is 9.38. The number of nitrogens with zero attached hydrogens (tertiary/aromatic N) is 1. The third-order valence-corrected chi connectivity index (χ3v) is 4.53. The summed E-state index contributed by atoms with van der Waals surface area (Å²) in [5.41, 5.74) is 1.79. The summed E-state index contributed by atoms with van der Waals surface area (Å²) in [5, 5.41) is 10.5. The van der Waals surface area contributed by atoms with Crippen LogP contribution in [0.4, 0.5) is 0 Å². The fourth-order valence-electron chi connectivity index (χ4n) is 2.71. The minimum absolute atomic E-state index is 0.0569. The smallest absolute Gasteiger partial charge is 0.128 e. The Morgan fingerprint density at radius 3 is 2.45 bits per heavy atom. The molecule has 110 valence electrons. The molecule has 0 saturated heterocycles. The number of hydrogen-bond acceptors (Lipinski definition) is 2. The average molecular weight is 385 g/mol. The maximum Gasteiger partial charge on any atom is 0.128 e. The van der Waals surface area contributed by atoms with Gasteiger partial charge in [-0.25, -0.2) is 0 Å². The number of rotatable bonds is 2. The highest BCUT2D eigenvalue weighted by Gasteiger charge is 2.20. The Kier molecular flexibility index (Phi) is 5.10. The molecule has 3 heteroatoms. The van der Waals surface area contributed by atoms with Gasteiger partial charge in [0.2, 0.25) is 0 Å². The van der Waals surface area contributed by atoms with E-state index in [1.807, 2.05) is 12.3 Å². The molecule has 0 aromatic heterocycles. The van der Waals surface area contributed by atoms with Crippen LogP contribution in [0.15, 0.2) is 17.1 Å². The molecule has 1 aromatic carbocycles. The van der Waals surface area contributed by atoms with Gasteiger partial charge in [0.1, 0.15) is 5.75 Å². The van der Waals surface area contributed by atoms with Crippen LogP contribution in [0, 0.1) is 3.57 Å². The number of aromatic hydroxyl groups is 1. The standard InChI is InChI=1S/C17H24INO/c1-17(2,3)15-10-13(18)9-12(16(15)20)11-19-14-7-5-4-6-8-14/h9-11,14,20H,4-8H2,1-3H3. The molecule has 0 radical (unpaired) electrons. The number of hydrogen-bond donors (Lipinski definition) is 1. The minimum Gasteiger partial charge on any atom is -0.507 e. The van der Waals surface area contributed by atoms with Gasteiger partial charge in [0.15, 0.2) is 0 Å². The zero-order chi connectivity index (χ0) is 14.8. The quantitative estimate of drug-likeness (QED) is 0.561. The Morgan fingerprint density at radius 2 is 1.85 bits per heavy atom. The van der Waals surface area contributed by atoms with Crippen LogP contribution >= 0.6 is 22.6 Å². The molecule has 0 spiro atoms. The van der Waals surface area contributed by atoms with Gasteiger partial charge >= 0.3 is 0 Å². The lowest BCUT2D eigenvalue weighted by Crippen LogP contribution is -2.13. The number of phenolic OH excluding ortho intramolecular Hbond substituents is 1. The first-order valence-electron chi connectivity index (χ1n) is 7.44. The van der Waals surface area contributed by atoms with E-state index in [1.165, 1.54) is 32.1 Å². The number of benzene rings is 1. The first-order valence-corrected chi connectivity index (χ1v) is 8.52. The molecule has 1 N–H and O–H groups in total. The number of aliphatic imine (C=N–C) groups is 1. The van der Waals surface area contributed by atoms with Crippen molar-refractivity contribution < 1.29 is 5.11 Å². The van der Waals surface area contributed by atoms with Gasteiger partial charge in [-0.15, -0.1) is 0 Å². The van der Waals surface area contributed by atoms with Crippen LogP contribution in [0.25, 0.3) is 0 Å². The summed E-state index contributed by atoms with van der Waals surface area (Å²) < 4.78 is 1.15. The Hall–Kier alpha value is -0.580. The topological polar surface area (TPSA) is 32.6 Å². The van der Waals surface area contributed by atoms with E-state index in [1.54, 1.807) is 0 Å². The van der Waals surface area contributed by atoms with Gasteiger partial charge < -0.3 is 5.11 Å². The number of phenols is 1. The summed E-state index contributed by atoms with van der Waals surface area (Å²) >= 11 is 2.31. The monoisotopic (exact) mass is 385 g/mol. The molecule has 0 heterocycles. The van der Waals surface area contributed by atoms with Gasteiger partial charge in [-0.2, -0.15) is 0 Å². The van der Waals surface area contributed by atoms with Crippen molar-refractivity contribution in [2.45, 2.75) is 64.3 Å². The Labute approximate surface area is 135 Å². The molecule has 1 fully saturated rings. The maximum absolute atomic E-state index is 10.5. The molecule has 0 bridgehead atoms. The average Bonchev–Trinajstić information content (AvgIpc) is 2.39. The molecular formula is C17H24INO. The molecular weight excluding hydrogens is 361 g/mol. The summed E-state index contributed by atoms with van der Waals surface area (Å²) in [5.74, 6) is 0.387. The van der Waals surface area contributed by atoms with Crippen LogP contribution in [0.5, 0.6) is 5.75 Å². The summed E-state index contributed by atoms with van der Waals surface area (Å²) in [6.45, 7) is 6.38. The second-order valence-electron chi connectivity index (χ2n) is 6.71. The molecule has 2 nitrogen and oxygen atoms in total. The molecule has 0 unspecified atom stereocenters. The van der Waals surface area contributed by atoms with E-state index in [0.29, 0.717) is 11.8 Å². The van der Waals surface area contributed by atoms with E-state index in [4.69, 9.17) is 4.99 Å². The van der Waals surface area contributed by atoms with Crippen molar-refractivity contribution in [3.8, 4) is 5.75 Å². The highest BCUT2D eigenvalue weighted by molar-refractivity contribution is 14.1. The van der Waals surface area contributed by atoms with E-state index < -0.39 is 0 Å². The van der Waals surface area contributed by atoms with Gasteiger partial charge in [-0.1, -0.05) is 40.0 Å². The molecule has 2 rings (SSSR count). The van der Waals surface area contributed by atoms with Crippen LogP contribution in [-0.4, -0.2) is 17.4 Å². The summed E-state index contributed by atoms with van der Waals surface area (Å²) in [4.78, 5) is 4.69. The summed E-state index contributed by atoms with van der Waals surface area (Å²) in [6, 6.07) is 4.52. The van der Waals surface area contributed by atoms with E-state index in [2.05, 4.69) is 49.4 Å². The lowest BCUT2D eigenvalue weighted by Gasteiger charge is -2.22. The normalized spacial score (nSPS) is 17.8. The van der Waals surface area contributed by atoms with E-state index >= 15 is 0 Å². The number of halogens is 1. The fraction of sp³-hybridized carbons (Fsp3) is 0.588. The zero-order valence-corrected chi connectivity index (χ0v) is 14.8. The van der Waals surface area contributed by atoms with E-state index in [9.17, 15) is 5.11 Å². The van der Waals surface area contributed by atoms with E-state index in [0.717, 1.165) is 14.7 Å². The first kappa shape index (κ1) is 15.8.